The molecule has 0 N–H and O–H groups in total. The van der Waals surface area contributed by atoms with Gasteiger partial charge >= 0.3 is 11.9 Å². The zero-order valence-corrected chi connectivity index (χ0v) is 63.4. The molecule has 0 heterocycles. The Balaban J connectivity index is 3.85. The van der Waals surface area contributed by atoms with E-state index in [2.05, 4.69) is 38.2 Å². The largest absolute Gasteiger partial charge is 0.756 e. The van der Waals surface area contributed by atoms with Crippen LogP contribution in [0.5, 0.6) is 0 Å². The third-order valence-electron chi connectivity index (χ3n) is 19.0. The fourth-order valence-electron chi connectivity index (χ4n) is 12.7. The monoisotopic (exact) mass is 1320 g/mol. The molecule has 0 fully saturated rings. The summed E-state index contributed by atoms with van der Waals surface area (Å²) in [6.45, 7) is 4.32. The second-order valence-corrected chi connectivity index (χ2v) is 30.9. The number of ether oxygens (including phenoxy) is 2. The molecule has 0 saturated carbocycles. The Morgan fingerprint density at radius 1 is 0.337 bits per heavy atom. The molecule has 0 aromatic rings. The lowest BCUT2D eigenvalue weighted by molar-refractivity contribution is -0.870. The van der Waals surface area contributed by atoms with Crippen molar-refractivity contribution in [3.8, 4) is 0 Å². The number of rotatable bonds is 78. The lowest BCUT2D eigenvalue weighted by atomic mass is 10.0. The molecule has 0 aliphatic heterocycles. The number of nitrogens with zero attached hydrogens (tertiary/aromatic N) is 1. The van der Waals surface area contributed by atoms with Crippen LogP contribution in [0.4, 0.5) is 0 Å². The van der Waals surface area contributed by atoms with E-state index in [0.717, 1.165) is 38.5 Å². The molecule has 0 amide bonds. The van der Waals surface area contributed by atoms with Gasteiger partial charge in [0.15, 0.2) is 6.10 Å². The number of phosphoric ester groups is 1. The SMILES string of the molecule is CCCCCCC/C=C\C/C=C\CCCCCCCCCCCCCCCCCC(=O)OC(COC(=O)CCCCCCCCCCCCCCCCCCCCCCCCCCCCCCCCCCCCCCCCCCC)COP(=O)([O-])OCC[N+](C)(C)C. The highest BCUT2D eigenvalue weighted by Crippen LogP contribution is 2.38. The van der Waals surface area contributed by atoms with Crippen molar-refractivity contribution >= 4 is 19.8 Å². The summed E-state index contributed by atoms with van der Waals surface area (Å²) in [5.41, 5.74) is 0. The van der Waals surface area contributed by atoms with E-state index in [0.29, 0.717) is 17.4 Å². The van der Waals surface area contributed by atoms with E-state index >= 15 is 0 Å². The number of carbonyl (C=O) groups excluding carboxylic acids is 2. The summed E-state index contributed by atoms with van der Waals surface area (Å²) in [6, 6.07) is 0. The number of unbranched alkanes of at least 4 members (excludes halogenated alkanes) is 60. The highest BCUT2D eigenvalue weighted by atomic mass is 31.2. The van der Waals surface area contributed by atoms with Crippen molar-refractivity contribution in [2.24, 2.45) is 0 Å². The van der Waals surface area contributed by atoms with Crippen LogP contribution in [0, 0.1) is 0 Å². The average Bonchev–Trinajstić information content (AvgIpc) is 2.14. The smallest absolute Gasteiger partial charge is 0.306 e. The van der Waals surface area contributed by atoms with Gasteiger partial charge < -0.3 is 27.9 Å². The summed E-state index contributed by atoms with van der Waals surface area (Å²) >= 11 is 0. The van der Waals surface area contributed by atoms with Gasteiger partial charge in [0.2, 0.25) is 0 Å². The number of phosphoric acid groups is 1. The zero-order chi connectivity index (χ0) is 66.9. The van der Waals surface area contributed by atoms with Crippen LogP contribution < -0.4 is 4.89 Å². The Morgan fingerprint density at radius 3 is 0.859 bits per heavy atom. The van der Waals surface area contributed by atoms with Crippen molar-refractivity contribution in [1.29, 1.82) is 0 Å². The molecule has 10 heteroatoms. The van der Waals surface area contributed by atoms with Gasteiger partial charge in [-0.2, -0.15) is 0 Å². The van der Waals surface area contributed by atoms with Crippen LogP contribution in [0.25, 0.3) is 0 Å². The molecular formula is C82H160NO8P. The van der Waals surface area contributed by atoms with Crippen LogP contribution in [0.3, 0.4) is 0 Å². The van der Waals surface area contributed by atoms with Gasteiger partial charge in [-0.15, -0.1) is 0 Å². The van der Waals surface area contributed by atoms with E-state index < -0.39 is 26.5 Å². The average molecular weight is 1320 g/mol. The van der Waals surface area contributed by atoms with Crippen molar-refractivity contribution in [3.05, 3.63) is 24.3 Å². The lowest BCUT2D eigenvalue weighted by Gasteiger charge is -2.28. The third kappa shape index (κ3) is 77.5. The maximum atomic E-state index is 12.9. The van der Waals surface area contributed by atoms with E-state index in [1.54, 1.807) is 0 Å². The quantitative estimate of drug-likeness (QED) is 0.0195. The van der Waals surface area contributed by atoms with Crippen LogP contribution >= 0.6 is 7.82 Å². The Labute approximate surface area is 574 Å². The maximum absolute atomic E-state index is 12.9. The van der Waals surface area contributed by atoms with E-state index in [1.165, 1.54) is 366 Å². The van der Waals surface area contributed by atoms with Crippen LogP contribution in [-0.4, -0.2) is 70.0 Å². The van der Waals surface area contributed by atoms with Crippen LogP contribution in [-0.2, 0) is 32.7 Å². The topological polar surface area (TPSA) is 111 Å². The minimum absolute atomic E-state index is 0.0272. The molecule has 92 heavy (non-hydrogen) atoms. The molecule has 0 aromatic heterocycles. The molecule has 0 aliphatic rings. The molecule has 2 atom stereocenters. The molecule has 2 unspecified atom stereocenters. The van der Waals surface area contributed by atoms with Crippen molar-refractivity contribution in [3.63, 3.8) is 0 Å². The summed E-state index contributed by atoms with van der Waals surface area (Å²) in [5.74, 6) is -0.808. The van der Waals surface area contributed by atoms with Crippen molar-refractivity contribution in [1.82, 2.24) is 0 Å². The predicted octanol–water partition coefficient (Wildman–Crippen LogP) is 26.5. The second kappa shape index (κ2) is 73.7. The first kappa shape index (κ1) is 90.5. The fraction of sp³-hybridized carbons (Fsp3) is 0.927. The summed E-state index contributed by atoms with van der Waals surface area (Å²) in [7, 11) is 1.19. The number of likely N-dealkylation sites (N-methyl/N-ethyl adjacent to an activating group) is 1. The molecule has 0 radical (unpaired) electrons. The molecule has 0 rings (SSSR count). The standard InChI is InChI=1S/C82H160NO8P/c1-6-8-10-12-14-16-18-20-22-24-26-28-30-32-34-35-36-37-38-39-40-41-42-43-44-45-46-47-49-50-52-54-56-58-60-62-64-66-68-70-72-74-81(84)88-78-80(79-90-92(86,87)89-77-76-83(3,4)5)91-82(85)75-73-71-69-67-65-63-61-59-57-55-53-51-48-33-31-29-27-25-23-21-19-17-15-13-11-9-7-2/h19,21,25,27,80H,6-18,20,22-24,26,28-79H2,1-5H3/b21-19-,27-25-. The Hall–Kier alpha value is -1.51. The van der Waals surface area contributed by atoms with Crippen molar-refractivity contribution < 1.29 is 42.1 Å². The minimum atomic E-state index is -4.64. The van der Waals surface area contributed by atoms with Gasteiger partial charge in [0.1, 0.15) is 19.8 Å². The van der Waals surface area contributed by atoms with E-state index in [4.69, 9.17) is 18.5 Å². The van der Waals surface area contributed by atoms with E-state index in [9.17, 15) is 19.0 Å². The normalized spacial score (nSPS) is 13.1. The van der Waals surface area contributed by atoms with Gasteiger partial charge in [-0.1, -0.05) is 404 Å². The number of hydrogen-bond acceptors (Lipinski definition) is 8. The fourth-order valence-corrected chi connectivity index (χ4v) is 13.4. The summed E-state index contributed by atoms with van der Waals surface area (Å²) < 4.78 is 34.4. The molecule has 9 nitrogen and oxygen atoms in total. The van der Waals surface area contributed by atoms with Crippen LogP contribution in [0.2, 0.25) is 0 Å². The van der Waals surface area contributed by atoms with Crippen LogP contribution in [0.1, 0.15) is 438 Å². The van der Waals surface area contributed by atoms with E-state index in [1.807, 2.05) is 21.1 Å². The van der Waals surface area contributed by atoms with Crippen LogP contribution in [0.15, 0.2) is 24.3 Å². The molecule has 0 bridgehead atoms. The number of hydrogen-bond donors (Lipinski definition) is 0. The number of carbonyl (C=O) groups is 2. The van der Waals surface area contributed by atoms with Gasteiger partial charge in [-0.3, -0.25) is 14.2 Å². The van der Waals surface area contributed by atoms with Gasteiger partial charge in [0, 0.05) is 12.8 Å². The maximum Gasteiger partial charge on any atom is 0.306 e. The first-order chi connectivity index (χ1) is 45.0. The minimum Gasteiger partial charge on any atom is -0.756 e. The number of esters is 2. The van der Waals surface area contributed by atoms with E-state index in [-0.39, 0.29) is 32.0 Å². The molecule has 546 valence electrons. The Kier molecular flexibility index (Phi) is 72.5. The molecule has 0 aromatic carbocycles. The number of allylic oxidation sites excluding steroid dienone is 4. The van der Waals surface area contributed by atoms with Gasteiger partial charge in [-0.05, 0) is 44.9 Å². The summed E-state index contributed by atoms with van der Waals surface area (Å²) in [4.78, 5) is 38.2. The first-order valence-corrected chi connectivity index (χ1v) is 42.5. The van der Waals surface area contributed by atoms with Crippen molar-refractivity contribution in [2.45, 2.75) is 444 Å². The predicted molar refractivity (Wildman–Crippen MR) is 398 cm³/mol. The Bertz CT molecular complexity index is 1600. The van der Waals surface area contributed by atoms with Gasteiger partial charge in [0.05, 0.1) is 27.7 Å². The lowest BCUT2D eigenvalue weighted by Crippen LogP contribution is -2.37. The molecular weight excluding hydrogens is 1160 g/mol. The highest BCUT2D eigenvalue weighted by Gasteiger charge is 2.22. The number of quaternary nitrogens is 1. The second-order valence-electron chi connectivity index (χ2n) is 29.5. The summed E-state index contributed by atoms with van der Waals surface area (Å²) in [5, 5.41) is 0. The highest BCUT2D eigenvalue weighted by molar-refractivity contribution is 7.45. The van der Waals surface area contributed by atoms with Gasteiger partial charge in [-0.25, -0.2) is 0 Å². The van der Waals surface area contributed by atoms with Gasteiger partial charge in [0.25, 0.3) is 7.82 Å². The molecule has 0 spiro atoms. The van der Waals surface area contributed by atoms with Crippen molar-refractivity contribution in [2.75, 3.05) is 47.5 Å². The Morgan fingerprint density at radius 2 is 0.587 bits per heavy atom. The molecule has 0 saturated heterocycles. The third-order valence-corrected chi connectivity index (χ3v) is 19.9. The summed E-state index contributed by atoms with van der Waals surface area (Å²) in [6.07, 6.45) is 94.7. The zero-order valence-electron chi connectivity index (χ0n) is 62.5. The first-order valence-electron chi connectivity index (χ1n) is 41.0. The molecule has 0 aliphatic carbocycles.